The van der Waals surface area contributed by atoms with Gasteiger partial charge >= 0.3 is 0 Å². The molecule has 0 spiro atoms. The fraction of sp³-hybridized carbons (Fsp3) is 0.143. The number of nitrogens with zero attached hydrogens (tertiary/aromatic N) is 7. The van der Waals surface area contributed by atoms with Crippen LogP contribution >= 0.6 is 0 Å². The number of amidine groups is 1. The topological polar surface area (TPSA) is 133 Å². The Hall–Kier alpha value is -4.02. The van der Waals surface area contributed by atoms with Gasteiger partial charge in [-0.2, -0.15) is 5.17 Å². The summed E-state index contributed by atoms with van der Waals surface area (Å²) in [6.45, 7) is 4.56. The molecule has 31 heavy (non-hydrogen) atoms. The van der Waals surface area contributed by atoms with Gasteiger partial charge in [0.05, 0.1) is 17.1 Å². The highest BCUT2D eigenvalue weighted by Gasteiger charge is 2.21. The van der Waals surface area contributed by atoms with Gasteiger partial charge in [-0.15, -0.1) is 0 Å². The summed E-state index contributed by atoms with van der Waals surface area (Å²) in [5.41, 5.74) is 10.3. The van der Waals surface area contributed by atoms with Crippen molar-refractivity contribution in [1.29, 1.82) is 0 Å². The molecule has 1 unspecified atom stereocenters. The molecular weight excluding hydrogens is 394 g/mol. The lowest BCUT2D eigenvalue weighted by molar-refractivity contribution is -0.755. The molecule has 0 fully saturated rings. The highest BCUT2D eigenvalue weighted by Crippen LogP contribution is 2.25. The number of hydroxylamine groups is 1. The van der Waals surface area contributed by atoms with Crippen molar-refractivity contribution in [2.45, 2.75) is 13.0 Å². The molecule has 4 rings (SSSR count). The maximum absolute atomic E-state index is 11.9. The van der Waals surface area contributed by atoms with E-state index in [4.69, 9.17) is 5.73 Å². The zero-order chi connectivity index (χ0) is 21.6. The molecule has 2 aromatic carbocycles. The molecule has 3 N–H and O–H groups in total. The smallest absolute Gasteiger partial charge is 0.283 e. The SMILES string of the molecule is C=NC(N)=NCCc1cncn1Cc1ccc(-c2ccccc2C2=NN=N[NH+]2[O-])cc1. The molecule has 0 bridgehead atoms. The Morgan fingerprint density at radius 1 is 1.13 bits per heavy atom. The Kier molecular flexibility index (Phi) is 6.01. The van der Waals surface area contributed by atoms with E-state index in [1.54, 1.807) is 6.33 Å². The van der Waals surface area contributed by atoms with Crippen molar-refractivity contribution in [2.24, 2.45) is 31.3 Å². The molecule has 1 aliphatic heterocycles. The molecule has 1 aromatic heterocycles. The van der Waals surface area contributed by atoms with Gasteiger partial charge in [0.1, 0.15) is 0 Å². The molecule has 10 heteroatoms. The van der Waals surface area contributed by atoms with E-state index >= 15 is 0 Å². The number of quaternary nitrogens is 1. The van der Waals surface area contributed by atoms with Gasteiger partial charge in [-0.1, -0.05) is 47.6 Å². The van der Waals surface area contributed by atoms with Gasteiger partial charge in [-0.25, -0.2) is 9.98 Å². The van der Waals surface area contributed by atoms with Crippen LogP contribution in [0.2, 0.25) is 0 Å². The van der Waals surface area contributed by atoms with E-state index in [2.05, 4.69) is 53.9 Å². The van der Waals surface area contributed by atoms with Gasteiger partial charge in [-0.05, 0) is 29.5 Å². The second-order valence-corrected chi connectivity index (χ2v) is 6.85. The number of aliphatic imine (C=N–C) groups is 2. The van der Waals surface area contributed by atoms with Crippen LogP contribution in [0.15, 0.2) is 86.6 Å². The number of hydrogen-bond acceptors (Lipinski definition) is 6. The summed E-state index contributed by atoms with van der Waals surface area (Å²) in [5, 5.41) is 22.4. The van der Waals surface area contributed by atoms with Crippen LogP contribution in [0.5, 0.6) is 0 Å². The maximum Gasteiger partial charge on any atom is 0.283 e. The summed E-state index contributed by atoms with van der Waals surface area (Å²) in [4.78, 5) is 12.0. The maximum atomic E-state index is 11.9. The fourth-order valence-electron chi connectivity index (χ4n) is 3.33. The fourth-order valence-corrected chi connectivity index (χ4v) is 3.33. The van der Waals surface area contributed by atoms with Crippen LogP contribution < -0.4 is 10.9 Å². The van der Waals surface area contributed by atoms with Crippen molar-refractivity contribution in [2.75, 3.05) is 6.54 Å². The highest BCUT2D eigenvalue weighted by atomic mass is 16.5. The first kappa shape index (κ1) is 20.3. The summed E-state index contributed by atoms with van der Waals surface area (Å²) in [6.07, 6.45) is 4.33. The molecule has 0 saturated heterocycles. The second-order valence-electron chi connectivity index (χ2n) is 6.85. The number of aromatic nitrogens is 2. The van der Waals surface area contributed by atoms with Crippen molar-refractivity contribution in [3.05, 3.63) is 83.1 Å². The van der Waals surface area contributed by atoms with Crippen LogP contribution in [0, 0.1) is 5.21 Å². The Balaban J connectivity index is 1.50. The number of nitrogens with two attached hydrogens (primary N) is 1. The number of guanidine groups is 1. The summed E-state index contributed by atoms with van der Waals surface area (Å²) in [7, 11) is 0. The molecule has 156 valence electrons. The third-order valence-electron chi connectivity index (χ3n) is 4.89. The lowest BCUT2D eigenvalue weighted by atomic mass is 9.98. The van der Waals surface area contributed by atoms with E-state index in [0.717, 1.165) is 27.9 Å². The molecular formula is C21H21N9O. The lowest BCUT2D eigenvalue weighted by Gasteiger charge is -2.13. The summed E-state index contributed by atoms with van der Waals surface area (Å²) in [6, 6.07) is 15.8. The van der Waals surface area contributed by atoms with Gasteiger partial charge in [0.15, 0.2) is 0 Å². The van der Waals surface area contributed by atoms with E-state index in [9.17, 15) is 5.21 Å². The Morgan fingerprint density at radius 3 is 2.61 bits per heavy atom. The van der Waals surface area contributed by atoms with Gasteiger partial charge in [0.2, 0.25) is 5.96 Å². The average Bonchev–Trinajstić information content (AvgIpc) is 3.43. The molecule has 0 aliphatic carbocycles. The zero-order valence-electron chi connectivity index (χ0n) is 16.7. The van der Waals surface area contributed by atoms with Crippen molar-refractivity contribution in [3.63, 3.8) is 0 Å². The van der Waals surface area contributed by atoms with Crippen molar-refractivity contribution in [1.82, 2.24) is 9.55 Å². The highest BCUT2D eigenvalue weighted by molar-refractivity contribution is 5.99. The van der Waals surface area contributed by atoms with E-state index < -0.39 is 5.17 Å². The van der Waals surface area contributed by atoms with E-state index in [0.29, 0.717) is 19.5 Å². The van der Waals surface area contributed by atoms with Crippen molar-refractivity contribution in [3.8, 4) is 11.1 Å². The zero-order valence-corrected chi connectivity index (χ0v) is 16.7. The predicted octanol–water partition coefficient (Wildman–Crippen LogP) is 1.58. The summed E-state index contributed by atoms with van der Waals surface area (Å²) in [5.74, 6) is 0.451. The number of rotatable bonds is 7. The standard InChI is InChI=1S/C21H21N9O/c1-23-21(22)25-11-10-17-12-24-14-29(17)13-15-6-8-16(9-7-15)18-4-2-3-5-19(18)20-26-27-28-30(20)31/h2-9,12,14,30H,1,10-11,13H2,(H2,22,25). The minimum atomic E-state index is -0.424. The van der Waals surface area contributed by atoms with Crippen molar-refractivity contribution >= 4 is 18.5 Å². The number of imidazole rings is 1. The monoisotopic (exact) mass is 415 g/mol. The Morgan fingerprint density at radius 2 is 1.90 bits per heavy atom. The predicted molar refractivity (Wildman–Crippen MR) is 119 cm³/mol. The average molecular weight is 415 g/mol. The van der Waals surface area contributed by atoms with Crippen LogP contribution in [-0.4, -0.2) is 34.6 Å². The first-order valence-electron chi connectivity index (χ1n) is 9.63. The van der Waals surface area contributed by atoms with E-state index in [-0.39, 0.29) is 11.8 Å². The first-order valence-corrected chi connectivity index (χ1v) is 9.63. The van der Waals surface area contributed by atoms with Gasteiger partial charge in [-0.3, -0.25) is 4.99 Å². The van der Waals surface area contributed by atoms with Crippen LogP contribution in [0.3, 0.4) is 0 Å². The van der Waals surface area contributed by atoms with Crippen LogP contribution in [-0.2, 0) is 13.0 Å². The molecule has 0 radical (unpaired) electrons. The largest absolute Gasteiger partial charge is 0.598 e. The third kappa shape index (κ3) is 4.60. The summed E-state index contributed by atoms with van der Waals surface area (Å²) < 4.78 is 2.07. The molecule has 0 amide bonds. The Labute approximate surface area is 178 Å². The second kappa shape index (κ2) is 9.20. The van der Waals surface area contributed by atoms with Gasteiger partial charge in [0.25, 0.3) is 5.84 Å². The molecule has 3 aromatic rings. The van der Waals surface area contributed by atoms with Gasteiger partial charge < -0.3 is 15.5 Å². The first-order chi connectivity index (χ1) is 15.2. The summed E-state index contributed by atoms with van der Waals surface area (Å²) >= 11 is 0. The van der Waals surface area contributed by atoms with E-state index in [1.165, 1.54) is 0 Å². The number of benzene rings is 2. The van der Waals surface area contributed by atoms with Gasteiger partial charge in [0, 0.05) is 36.6 Å². The Bertz CT molecular complexity index is 1160. The molecule has 1 aliphatic rings. The van der Waals surface area contributed by atoms with Crippen LogP contribution in [0.1, 0.15) is 16.8 Å². The van der Waals surface area contributed by atoms with Crippen LogP contribution in [0.25, 0.3) is 11.1 Å². The molecule has 1 atom stereocenters. The minimum Gasteiger partial charge on any atom is -0.598 e. The minimum absolute atomic E-state index is 0.189. The molecule has 2 heterocycles. The quantitative estimate of drug-likeness (QED) is 0.345. The normalized spacial score (nSPS) is 15.8. The van der Waals surface area contributed by atoms with E-state index in [1.807, 2.05) is 42.6 Å². The van der Waals surface area contributed by atoms with Crippen LogP contribution in [0.4, 0.5) is 0 Å². The number of hydrogen-bond donors (Lipinski definition) is 2. The van der Waals surface area contributed by atoms with Crippen molar-refractivity contribution < 1.29 is 5.17 Å². The number of nitrogens with one attached hydrogen (secondary N) is 1. The third-order valence-corrected chi connectivity index (χ3v) is 4.89. The molecule has 0 saturated carbocycles. The lowest BCUT2D eigenvalue weighted by Crippen LogP contribution is -3.04. The molecule has 10 nitrogen and oxygen atoms in total.